The molecule has 0 aliphatic carbocycles. The lowest BCUT2D eigenvalue weighted by Crippen LogP contribution is -2.36. The van der Waals surface area contributed by atoms with E-state index in [-0.39, 0.29) is 5.92 Å². The number of nitrogens with zero attached hydrogens (tertiary/aromatic N) is 4. The molecule has 0 amide bonds. The van der Waals surface area contributed by atoms with Crippen molar-refractivity contribution in [2.45, 2.75) is 52.1 Å². The summed E-state index contributed by atoms with van der Waals surface area (Å²) in [5, 5.41) is 7.20. The van der Waals surface area contributed by atoms with Crippen molar-refractivity contribution >= 4 is 5.82 Å². The highest BCUT2D eigenvalue weighted by atomic mass is 19.4. The molecule has 3 heterocycles. The maximum Gasteiger partial charge on any atom is 0.451 e. The molecule has 25 heavy (non-hydrogen) atoms. The van der Waals surface area contributed by atoms with E-state index in [0.717, 1.165) is 25.0 Å². The molecule has 8 heteroatoms. The monoisotopic (exact) mass is 353 g/mol. The molecule has 1 fully saturated rings. The van der Waals surface area contributed by atoms with E-state index in [1.54, 1.807) is 13.8 Å². The van der Waals surface area contributed by atoms with Crippen molar-refractivity contribution in [1.82, 2.24) is 20.2 Å². The predicted octanol–water partition coefficient (Wildman–Crippen LogP) is 3.78. The summed E-state index contributed by atoms with van der Waals surface area (Å²) in [7, 11) is 0. The summed E-state index contributed by atoms with van der Waals surface area (Å²) >= 11 is 0. The van der Waals surface area contributed by atoms with Crippen molar-refractivity contribution in [1.29, 1.82) is 0 Å². The smallest absolute Gasteiger partial charge is 0.356 e. The first-order chi connectivity index (χ1) is 11.8. The molecule has 2 aromatic heterocycles. The molecule has 0 saturated carbocycles. The number of aromatic nitrogens is 4. The van der Waals surface area contributed by atoms with Gasteiger partial charge in [-0.05, 0) is 38.7 Å². The molecule has 1 aliphatic heterocycles. The number of rotatable bonds is 3. The maximum atomic E-state index is 13.1. The second kappa shape index (κ2) is 6.65. The summed E-state index contributed by atoms with van der Waals surface area (Å²) in [5.74, 6) is -0.458. The number of piperidine rings is 1. The highest BCUT2D eigenvalue weighted by Crippen LogP contribution is 2.34. The van der Waals surface area contributed by atoms with Gasteiger partial charge in [0.05, 0.1) is 6.20 Å². The Hall–Kier alpha value is -2.12. The van der Waals surface area contributed by atoms with Gasteiger partial charge in [0.25, 0.3) is 0 Å². The molecule has 1 atom stereocenters. The van der Waals surface area contributed by atoms with Gasteiger partial charge in [0.2, 0.25) is 5.82 Å². The second-order valence-corrected chi connectivity index (χ2v) is 6.53. The lowest BCUT2D eigenvalue weighted by Gasteiger charge is -2.34. The molecular formula is C17H22F3N5. The van der Waals surface area contributed by atoms with Crippen LogP contribution < -0.4 is 4.90 Å². The first-order valence-electron chi connectivity index (χ1n) is 8.50. The van der Waals surface area contributed by atoms with E-state index in [4.69, 9.17) is 0 Å². The van der Waals surface area contributed by atoms with Crippen LogP contribution in [0.15, 0.2) is 6.20 Å². The molecule has 1 aliphatic rings. The van der Waals surface area contributed by atoms with Crippen LogP contribution in [0.2, 0.25) is 0 Å². The molecule has 1 N–H and O–H groups in total. The van der Waals surface area contributed by atoms with E-state index < -0.39 is 12.0 Å². The zero-order valence-electron chi connectivity index (χ0n) is 14.6. The number of nitrogens with one attached hydrogen (secondary N) is 1. The molecule has 136 valence electrons. The molecule has 0 spiro atoms. The van der Waals surface area contributed by atoms with Crippen LogP contribution in [0.1, 0.15) is 54.0 Å². The Balaban J connectivity index is 1.92. The Morgan fingerprint density at radius 3 is 2.72 bits per heavy atom. The molecule has 1 unspecified atom stereocenters. The van der Waals surface area contributed by atoms with Crippen molar-refractivity contribution in [3.63, 3.8) is 0 Å². The van der Waals surface area contributed by atoms with Gasteiger partial charge in [-0.3, -0.25) is 5.10 Å². The van der Waals surface area contributed by atoms with Gasteiger partial charge in [0.15, 0.2) is 0 Å². The minimum atomic E-state index is -4.54. The third-order valence-electron chi connectivity index (χ3n) is 4.88. The first-order valence-corrected chi connectivity index (χ1v) is 8.50. The van der Waals surface area contributed by atoms with Crippen LogP contribution in [0.4, 0.5) is 19.0 Å². The van der Waals surface area contributed by atoms with Gasteiger partial charge < -0.3 is 4.90 Å². The van der Waals surface area contributed by atoms with Gasteiger partial charge in [0, 0.05) is 36.0 Å². The minimum absolute atomic E-state index is 0.218. The SMILES string of the molecule is CCc1cn[nH]c1C1CCCN(c2nc(C(F)(F)F)nc(C)c2C)C1. The van der Waals surface area contributed by atoms with Gasteiger partial charge >= 0.3 is 6.18 Å². The Labute approximate surface area is 144 Å². The largest absolute Gasteiger partial charge is 0.451 e. The number of aryl methyl sites for hydroxylation is 2. The average Bonchev–Trinajstić information content (AvgIpc) is 3.05. The quantitative estimate of drug-likeness (QED) is 0.912. The van der Waals surface area contributed by atoms with E-state index in [1.807, 2.05) is 11.1 Å². The van der Waals surface area contributed by atoms with Gasteiger partial charge in [-0.25, -0.2) is 9.97 Å². The fourth-order valence-corrected chi connectivity index (χ4v) is 3.41. The molecule has 3 rings (SSSR count). The van der Waals surface area contributed by atoms with Crippen LogP contribution in [0, 0.1) is 13.8 Å². The molecule has 0 aromatic carbocycles. The molecule has 0 radical (unpaired) electrons. The van der Waals surface area contributed by atoms with E-state index in [2.05, 4.69) is 27.1 Å². The molecule has 2 aromatic rings. The summed E-state index contributed by atoms with van der Waals surface area (Å²) in [6, 6.07) is 0. The average molecular weight is 353 g/mol. The Morgan fingerprint density at radius 1 is 1.28 bits per heavy atom. The lowest BCUT2D eigenvalue weighted by atomic mass is 9.92. The van der Waals surface area contributed by atoms with Gasteiger partial charge in [-0.1, -0.05) is 6.92 Å². The summed E-state index contributed by atoms with van der Waals surface area (Å²) in [5.41, 5.74) is 3.33. The third-order valence-corrected chi connectivity index (χ3v) is 4.88. The number of aromatic amines is 1. The molecule has 1 saturated heterocycles. The van der Waals surface area contributed by atoms with Crippen molar-refractivity contribution in [2.24, 2.45) is 0 Å². The van der Waals surface area contributed by atoms with Crippen molar-refractivity contribution in [3.8, 4) is 0 Å². The third kappa shape index (κ3) is 3.48. The Bertz CT molecular complexity index is 753. The Kier molecular flexibility index (Phi) is 4.71. The highest BCUT2D eigenvalue weighted by molar-refractivity contribution is 5.49. The Morgan fingerprint density at radius 2 is 2.04 bits per heavy atom. The lowest BCUT2D eigenvalue weighted by molar-refractivity contribution is -0.145. The minimum Gasteiger partial charge on any atom is -0.356 e. The number of H-pyrrole nitrogens is 1. The van der Waals surface area contributed by atoms with Gasteiger partial charge in [0.1, 0.15) is 5.82 Å². The number of halogens is 3. The van der Waals surface area contributed by atoms with E-state index in [1.165, 1.54) is 5.56 Å². The summed E-state index contributed by atoms with van der Waals surface area (Å²) in [6.07, 6.45) is 0.0566. The number of hydrogen-bond acceptors (Lipinski definition) is 4. The van der Waals surface area contributed by atoms with Gasteiger partial charge in [-0.2, -0.15) is 18.3 Å². The summed E-state index contributed by atoms with van der Waals surface area (Å²) in [4.78, 5) is 9.42. The van der Waals surface area contributed by atoms with E-state index in [9.17, 15) is 13.2 Å². The topological polar surface area (TPSA) is 57.7 Å². The van der Waals surface area contributed by atoms with Crippen molar-refractivity contribution in [3.05, 3.63) is 34.5 Å². The van der Waals surface area contributed by atoms with Crippen molar-refractivity contribution in [2.75, 3.05) is 18.0 Å². The van der Waals surface area contributed by atoms with Crippen LogP contribution in [0.5, 0.6) is 0 Å². The zero-order chi connectivity index (χ0) is 18.2. The summed E-state index contributed by atoms with van der Waals surface area (Å²) in [6.45, 7) is 6.77. The van der Waals surface area contributed by atoms with E-state index >= 15 is 0 Å². The fourth-order valence-electron chi connectivity index (χ4n) is 3.41. The standard InChI is InChI=1S/C17H22F3N5/c1-4-12-8-21-24-14(12)13-6-5-7-25(9-13)15-10(2)11(3)22-16(23-15)17(18,19)20/h8,13H,4-7,9H2,1-3H3,(H,21,24). The van der Waals surface area contributed by atoms with Crippen LogP contribution in [-0.2, 0) is 12.6 Å². The fraction of sp³-hybridized carbons (Fsp3) is 0.588. The maximum absolute atomic E-state index is 13.1. The normalized spacial score (nSPS) is 18.6. The van der Waals surface area contributed by atoms with Crippen molar-refractivity contribution < 1.29 is 13.2 Å². The summed E-state index contributed by atoms with van der Waals surface area (Å²) < 4.78 is 39.3. The number of alkyl halides is 3. The predicted molar refractivity (Wildman–Crippen MR) is 88.7 cm³/mol. The molecular weight excluding hydrogens is 331 g/mol. The van der Waals surface area contributed by atoms with Gasteiger partial charge in [-0.15, -0.1) is 0 Å². The van der Waals surface area contributed by atoms with Crippen LogP contribution >= 0.6 is 0 Å². The zero-order valence-corrected chi connectivity index (χ0v) is 14.6. The van der Waals surface area contributed by atoms with Crippen LogP contribution in [0.25, 0.3) is 0 Å². The van der Waals surface area contributed by atoms with E-state index in [0.29, 0.717) is 30.2 Å². The second-order valence-electron chi connectivity index (χ2n) is 6.53. The number of anilines is 1. The molecule has 5 nitrogen and oxygen atoms in total. The molecule has 0 bridgehead atoms. The first kappa shape index (κ1) is 17.7. The van der Waals surface area contributed by atoms with Crippen LogP contribution in [-0.4, -0.2) is 33.3 Å². The van der Waals surface area contributed by atoms with Crippen LogP contribution in [0.3, 0.4) is 0 Å². The number of hydrogen-bond donors (Lipinski definition) is 1. The highest BCUT2D eigenvalue weighted by Gasteiger charge is 2.36.